The van der Waals surface area contributed by atoms with E-state index in [0.29, 0.717) is 19.6 Å². The summed E-state index contributed by atoms with van der Waals surface area (Å²) in [6.45, 7) is 4.19. The zero-order valence-corrected chi connectivity index (χ0v) is 17.1. The Hall–Kier alpha value is -1.78. The van der Waals surface area contributed by atoms with Crippen molar-refractivity contribution in [1.29, 1.82) is 0 Å². The van der Waals surface area contributed by atoms with E-state index in [0.717, 1.165) is 19.6 Å². The summed E-state index contributed by atoms with van der Waals surface area (Å²) in [5, 5.41) is 0. The Morgan fingerprint density at radius 2 is 1.50 bits per heavy atom. The normalized spacial score (nSPS) is 16.1. The van der Waals surface area contributed by atoms with Crippen molar-refractivity contribution < 1.29 is 21.6 Å². The number of ether oxygens (including phenoxy) is 1. The maximum Gasteiger partial charge on any atom is 0.240 e. The van der Waals surface area contributed by atoms with Crippen LogP contribution in [0.4, 0.5) is 0 Å². The van der Waals surface area contributed by atoms with Gasteiger partial charge in [-0.2, -0.15) is 0 Å². The first-order chi connectivity index (χ1) is 13.4. The van der Waals surface area contributed by atoms with Crippen molar-refractivity contribution in [3.63, 3.8) is 0 Å². The van der Waals surface area contributed by atoms with E-state index >= 15 is 0 Å². The molecule has 0 spiro atoms. The molecule has 0 aliphatic carbocycles. The van der Waals surface area contributed by atoms with Gasteiger partial charge < -0.3 is 4.74 Å². The predicted molar refractivity (Wildman–Crippen MR) is 105 cm³/mol. The lowest BCUT2D eigenvalue weighted by Gasteiger charge is -2.26. The van der Waals surface area contributed by atoms with E-state index in [2.05, 4.69) is 9.62 Å². The minimum Gasteiger partial charge on any atom is -0.379 e. The van der Waals surface area contributed by atoms with Gasteiger partial charge in [0, 0.05) is 19.6 Å². The average molecular weight is 425 g/mol. The number of morpholine rings is 1. The van der Waals surface area contributed by atoms with Crippen molar-refractivity contribution in [1.82, 2.24) is 9.62 Å². The third-order valence-electron chi connectivity index (χ3n) is 4.53. The number of nitrogens with one attached hydrogen (secondary N) is 1. The molecule has 9 heteroatoms. The predicted octanol–water partition coefficient (Wildman–Crippen LogP) is 1.52. The lowest BCUT2D eigenvalue weighted by Crippen LogP contribution is -2.38. The van der Waals surface area contributed by atoms with E-state index in [9.17, 15) is 16.8 Å². The molecule has 0 unspecified atom stereocenters. The number of benzene rings is 2. The van der Waals surface area contributed by atoms with Crippen LogP contribution in [0.5, 0.6) is 0 Å². The molecule has 0 atom stereocenters. The first-order valence-corrected chi connectivity index (χ1v) is 12.1. The summed E-state index contributed by atoms with van der Waals surface area (Å²) in [4.78, 5) is 2.25. The molecule has 28 heavy (non-hydrogen) atoms. The van der Waals surface area contributed by atoms with Gasteiger partial charge in [0.15, 0.2) is 0 Å². The van der Waals surface area contributed by atoms with Gasteiger partial charge in [-0.25, -0.2) is 21.6 Å². The maximum absolute atomic E-state index is 12.7. The Morgan fingerprint density at radius 1 is 0.857 bits per heavy atom. The van der Waals surface area contributed by atoms with Crippen LogP contribution < -0.4 is 4.72 Å². The summed E-state index contributed by atoms with van der Waals surface area (Å²) in [6, 6.07) is 13.4. The number of nitrogens with zero attached hydrogens (tertiary/aromatic N) is 1. The molecule has 2 aromatic carbocycles. The summed E-state index contributed by atoms with van der Waals surface area (Å²) in [5.74, 6) is 0. The van der Waals surface area contributed by atoms with Crippen molar-refractivity contribution in [3.8, 4) is 0 Å². The molecule has 1 aliphatic heterocycles. The molecule has 2 aromatic rings. The van der Waals surface area contributed by atoms with E-state index in [4.69, 9.17) is 4.74 Å². The van der Waals surface area contributed by atoms with Gasteiger partial charge >= 0.3 is 0 Å². The van der Waals surface area contributed by atoms with Crippen LogP contribution in [0.15, 0.2) is 69.3 Å². The number of sulfone groups is 1. The average Bonchev–Trinajstić information content (AvgIpc) is 2.73. The van der Waals surface area contributed by atoms with Gasteiger partial charge in [-0.05, 0) is 43.3 Å². The third kappa shape index (κ3) is 5.18. The first-order valence-electron chi connectivity index (χ1n) is 9.09. The summed E-state index contributed by atoms with van der Waals surface area (Å²) < 4.78 is 58.4. The number of sulfonamides is 1. The Bertz CT molecular complexity index is 986. The second-order valence-corrected chi connectivity index (χ2v) is 10.2. The molecule has 152 valence electrons. The van der Waals surface area contributed by atoms with Gasteiger partial charge in [0.2, 0.25) is 19.9 Å². The minimum atomic E-state index is -3.79. The van der Waals surface area contributed by atoms with E-state index in [-0.39, 0.29) is 21.2 Å². The van der Waals surface area contributed by atoms with Crippen LogP contribution in [-0.4, -0.2) is 61.1 Å². The van der Waals surface area contributed by atoms with Crippen LogP contribution >= 0.6 is 0 Å². The van der Waals surface area contributed by atoms with Gasteiger partial charge in [0.1, 0.15) is 0 Å². The fraction of sp³-hybridized carbons (Fsp3) is 0.368. The van der Waals surface area contributed by atoms with E-state index in [1.165, 1.54) is 36.4 Å². The van der Waals surface area contributed by atoms with Crippen LogP contribution in [0.25, 0.3) is 0 Å². The molecule has 1 saturated heterocycles. The highest BCUT2D eigenvalue weighted by Crippen LogP contribution is 2.23. The Labute approximate surface area is 166 Å². The SMILES string of the molecule is O=S(=O)(NCCCN1CCOCC1)c1cccc(S(=O)(=O)c2ccccc2)c1. The molecule has 0 aromatic heterocycles. The highest BCUT2D eigenvalue weighted by atomic mass is 32.2. The van der Waals surface area contributed by atoms with Gasteiger partial charge in [-0.15, -0.1) is 0 Å². The molecular formula is C19H24N2O5S2. The number of hydrogen-bond donors (Lipinski definition) is 1. The van der Waals surface area contributed by atoms with Crippen LogP contribution in [0.3, 0.4) is 0 Å². The second-order valence-electron chi connectivity index (χ2n) is 6.50. The summed E-state index contributed by atoms with van der Waals surface area (Å²) in [6.07, 6.45) is 0.668. The van der Waals surface area contributed by atoms with E-state index < -0.39 is 19.9 Å². The summed E-state index contributed by atoms with van der Waals surface area (Å²) in [5.41, 5.74) is 0. The lowest BCUT2D eigenvalue weighted by atomic mass is 10.3. The molecule has 0 amide bonds. The van der Waals surface area contributed by atoms with Crippen molar-refractivity contribution in [2.24, 2.45) is 0 Å². The molecule has 0 radical (unpaired) electrons. The summed E-state index contributed by atoms with van der Waals surface area (Å²) in [7, 11) is -7.56. The highest BCUT2D eigenvalue weighted by Gasteiger charge is 2.21. The standard InChI is InChI=1S/C19H24N2O5S2/c22-27(23,17-6-2-1-3-7-17)18-8-4-9-19(16-18)28(24,25)20-10-5-11-21-12-14-26-15-13-21/h1-4,6-9,16,20H,5,10-15H2. The van der Waals surface area contributed by atoms with Crippen molar-refractivity contribution in [2.45, 2.75) is 21.1 Å². The van der Waals surface area contributed by atoms with Crippen molar-refractivity contribution >= 4 is 19.9 Å². The Balaban J connectivity index is 1.66. The molecule has 7 nitrogen and oxygen atoms in total. The molecule has 0 saturated carbocycles. The minimum absolute atomic E-state index is 0.0464. The molecular weight excluding hydrogens is 400 g/mol. The topological polar surface area (TPSA) is 92.8 Å². The van der Waals surface area contributed by atoms with E-state index in [1.807, 2.05) is 0 Å². The van der Waals surface area contributed by atoms with Gasteiger partial charge in [-0.3, -0.25) is 4.90 Å². The smallest absolute Gasteiger partial charge is 0.240 e. The molecule has 1 N–H and O–H groups in total. The molecule has 1 aliphatic rings. The quantitative estimate of drug-likeness (QED) is 0.646. The molecule has 0 bridgehead atoms. The van der Waals surface area contributed by atoms with Crippen LogP contribution in [0.2, 0.25) is 0 Å². The second kappa shape index (κ2) is 9.15. The monoisotopic (exact) mass is 424 g/mol. The Morgan fingerprint density at radius 3 is 2.21 bits per heavy atom. The van der Waals surface area contributed by atoms with Crippen LogP contribution in [-0.2, 0) is 24.6 Å². The van der Waals surface area contributed by atoms with E-state index in [1.54, 1.807) is 18.2 Å². The zero-order chi connectivity index (χ0) is 20.0. The zero-order valence-electron chi connectivity index (χ0n) is 15.5. The summed E-state index contributed by atoms with van der Waals surface area (Å²) >= 11 is 0. The fourth-order valence-electron chi connectivity index (χ4n) is 2.96. The largest absolute Gasteiger partial charge is 0.379 e. The highest BCUT2D eigenvalue weighted by molar-refractivity contribution is 7.91. The van der Waals surface area contributed by atoms with Gasteiger partial charge in [-0.1, -0.05) is 24.3 Å². The maximum atomic E-state index is 12.7. The van der Waals surface area contributed by atoms with Crippen molar-refractivity contribution in [3.05, 3.63) is 54.6 Å². The number of rotatable bonds is 8. The Kier molecular flexibility index (Phi) is 6.84. The molecule has 3 rings (SSSR count). The van der Waals surface area contributed by atoms with Crippen LogP contribution in [0, 0.1) is 0 Å². The third-order valence-corrected chi connectivity index (χ3v) is 7.75. The first kappa shape index (κ1) is 20.9. The van der Waals surface area contributed by atoms with Gasteiger partial charge in [0.25, 0.3) is 0 Å². The van der Waals surface area contributed by atoms with Gasteiger partial charge in [0.05, 0.1) is 27.9 Å². The van der Waals surface area contributed by atoms with Crippen molar-refractivity contribution in [2.75, 3.05) is 39.4 Å². The molecule has 1 heterocycles. The lowest BCUT2D eigenvalue weighted by molar-refractivity contribution is 0.0376. The van der Waals surface area contributed by atoms with Crippen LogP contribution in [0.1, 0.15) is 6.42 Å². The molecule has 1 fully saturated rings. The number of hydrogen-bond acceptors (Lipinski definition) is 6. The fourth-order valence-corrected chi connectivity index (χ4v) is 5.48.